The van der Waals surface area contributed by atoms with Crippen molar-refractivity contribution in [1.29, 1.82) is 0 Å². The van der Waals surface area contributed by atoms with E-state index < -0.39 is 0 Å². The molecular formula is C24H50N2O3. The standard InChI is InChI=1S/C22H44N2O3.C2H6/c1-3-27-22(26)16-11-7-6-9-13-19-24(20-15-17-23-2)18-12-8-4-5-10-14-21-25;1-2/h21,23H,3-20H2,1-2H3;1-2H3. The number of carbonyl (C=O) groups is 2. The highest BCUT2D eigenvalue weighted by atomic mass is 16.5. The van der Waals surface area contributed by atoms with Gasteiger partial charge in [0.1, 0.15) is 6.29 Å². The first-order chi connectivity index (χ1) is 14.2. The van der Waals surface area contributed by atoms with Crippen LogP contribution in [0.4, 0.5) is 0 Å². The molecule has 0 atom stereocenters. The lowest BCUT2D eigenvalue weighted by atomic mass is 10.1. The molecule has 0 amide bonds. The van der Waals surface area contributed by atoms with Gasteiger partial charge in [-0.05, 0) is 72.3 Å². The van der Waals surface area contributed by atoms with Crippen molar-refractivity contribution in [2.24, 2.45) is 0 Å². The summed E-state index contributed by atoms with van der Waals surface area (Å²) in [5.41, 5.74) is 0. The minimum Gasteiger partial charge on any atom is -0.466 e. The molecule has 29 heavy (non-hydrogen) atoms. The molecule has 0 heterocycles. The molecular weight excluding hydrogens is 364 g/mol. The maximum atomic E-state index is 11.3. The molecule has 0 aromatic carbocycles. The van der Waals surface area contributed by atoms with Crippen molar-refractivity contribution in [3.63, 3.8) is 0 Å². The van der Waals surface area contributed by atoms with Crippen LogP contribution in [0.25, 0.3) is 0 Å². The highest BCUT2D eigenvalue weighted by Gasteiger charge is 2.05. The molecule has 0 aromatic heterocycles. The van der Waals surface area contributed by atoms with Crippen molar-refractivity contribution < 1.29 is 14.3 Å². The van der Waals surface area contributed by atoms with Gasteiger partial charge in [-0.2, -0.15) is 0 Å². The van der Waals surface area contributed by atoms with Crippen LogP contribution in [0, 0.1) is 0 Å². The second kappa shape index (κ2) is 27.1. The van der Waals surface area contributed by atoms with Gasteiger partial charge in [0.2, 0.25) is 0 Å². The van der Waals surface area contributed by atoms with E-state index in [1.165, 1.54) is 71.0 Å². The van der Waals surface area contributed by atoms with Crippen LogP contribution in [0.5, 0.6) is 0 Å². The Morgan fingerprint density at radius 3 is 1.90 bits per heavy atom. The first-order valence-electron chi connectivity index (χ1n) is 12.2. The van der Waals surface area contributed by atoms with Gasteiger partial charge in [-0.1, -0.05) is 52.4 Å². The van der Waals surface area contributed by atoms with E-state index in [0.717, 1.165) is 38.5 Å². The Bertz CT molecular complexity index is 338. The average molecular weight is 415 g/mol. The number of carbonyl (C=O) groups excluding carboxylic acids is 2. The van der Waals surface area contributed by atoms with Crippen LogP contribution in [-0.4, -0.2) is 57.0 Å². The van der Waals surface area contributed by atoms with Crippen molar-refractivity contribution in [1.82, 2.24) is 10.2 Å². The van der Waals surface area contributed by atoms with Gasteiger partial charge in [-0.15, -0.1) is 0 Å². The molecule has 0 saturated heterocycles. The van der Waals surface area contributed by atoms with Crippen LogP contribution in [0.3, 0.4) is 0 Å². The number of nitrogens with one attached hydrogen (secondary N) is 1. The fourth-order valence-corrected chi connectivity index (χ4v) is 3.28. The molecule has 0 aliphatic rings. The summed E-state index contributed by atoms with van der Waals surface area (Å²) in [5.74, 6) is -0.0561. The summed E-state index contributed by atoms with van der Waals surface area (Å²) in [6, 6.07) is 0. The summed E-state index contributed by atoms with van der Waals surface area (Å²) in [4.78, 5) is 24.2. The van der Waals surface area contributed by atoms with Gasteiger partial charge in [0.25, 0.3) is 0 Å². The van der Waals surface area contributed by atoms with Crippen LogP contribution in [-0.2, 0) is 14.3 Å². The maximum absolute atomic E-state index is 11.3. The van der Waals surface area contributed by atoms with Crippen LogP contribution in [0.15, 0.2) is 0 Å². The molecule has 1 N–H and O–H groups in total. The van der Waals surface area contributed by atoms with Crippen LogP contribution in [0.1, 0.15) is 104 Å². The lowest BCUT2D eigenvalue weighted by molar-refractivity contribution is -0.143. The number of rotatable bonds is 21. The molecule has 0 rings (SSSR count). The van der Waals surface area contributed by atoms with Gasteiger partial charge in [0.15, 0.2) is 0 Å². The smallest absolute Gasteiger partial charge is 0.305 e. The van der Waals surface area contributed by atoms with Crippen LogP contribution in [0.2, 0.25) is 0 Å². The van der Waals surface area contributed by atoms with Gasteiger partial charge in [0.05, 0.1) is 6.61 Å². The molecule has 5 nitrogen and oxygen atoms in total. The number of hydrogen-bond acceptors (Lipinski definition) is 5. The zero-order valence-electron chi connectivity index (χ0n) is 20.0. The van der Waals surface area contributed by atoms with Crippen molar-refractivity contribution in [3.05, 3.63) is 0 Å². The Morgan fingerprint density at radius 1 is 0.828 bits per heavy atom. The second-order valence-electron chi connectivity index (χ2n) is 7.34. The predicted molar refractivity (Wildman–Crippen MR) is 124 cm³/mol. The minimum absolute atomic E-state index is 0.0561. The molecule has 5 heteroatoms. The normalized spacial score (nSPS) is 10.5. The lowest BCUT2D eigenvalue weighted by Crippen LogP contribution is -2.29. The van der Waals surface area contributed by atoms with Crippen molar-refractivity contribution in [3.8, 4) is 0 Å². The molecule has 0 radical (unpaired) electrons. The van der Waals surface area contributed by atoms with Gasteiger partial charge < -0.3 is 19.7 Å². The van der Waals surface area contributed by atoms with E-state index in [1.54, 1.807) is 0 Å². The second-order valence-corrected chi connectivity index (χ2v) is 7.34. The molecule has 0 aromatic rings. The molecule has 0 bridgehead atoms. The van der Waals surface area contributed by atoms with Crippen LogP contribution < -0.4 is 5.32 Å². The molecule has 0 saturated carbocycles. The van der Waals surface area contributed by atoms with Crippen molar-refractivity contribution >= 4 is 12.3 Å². The van der Waals surface area contributed by atoms with E-state index in [9.17, 15) is 9.59 Å². The first-order valence-corrected chi connectivity index (χ1v) is 12.2. The zero-order chi connectivity index (χ0) is 22.0. The van der Waals surface area contributed by atoms with Crippen LogP contribution >= 0.6 is 0 Å². The number of esters is 1. The third kappa shape index (κ3) is 25.0. The Labute approximate surface area is 181 Å². The minimum atomic E-state index is -0.0561. The Morgan fingerprint density at radius 2 is 1.34 bits per heavy atom. The quantitative estimate of drug-likeness (QED) is 0.155. The summed E-state index contributed by atoms with van der Waals surface area (Å²) >= 11 is 0. The summed E-state index contributed by atoms with van der Waals surface area (Å²) in [6.45, 7) is 11.0. The molecule has 0 spiro atoms. The van der Waals surface area contributed by atoms with Crippen molar-refractivity contribution in [2.75, 3.05) is 39.8 Å². The van der Waals surface area contributed by atoms with Gasteiger partial charge in [-0.3, -0.25) is 4.79 Å². The number of ether oxygens (including phenoxy) is 1. The molecule has 174 valence electrons. The van der Waals surface area contributed by atoms with E-state index >= 15 is 0 Å². The largest absolute Gasteiger partial charge is 0.466 e. The van der Waals surface area contributed by atoms with E-state index in [1.807, 2.05) is 27.8 Å². The summed E-state index contributed by atoms with van der Waals surface area (Å²) in [5, 5.41) is 3.23. The summed E-state index contributed by atoms with van der Waals surface area (Å²) < 4.78 is 4.96. The van der Waals surface area contributed by atoms with Gasteiger partial charge in [0, 0.05) is 12.8 Å². The van der Waals surface area contributed by atoms with E-state index in [0.29, 0.717) is 13.0 Å². The lowest BCUT2D eigenvalue weighted by Gasteiger charge is -2.22. The summed E-state index contributed by atoms with van der Waals surface area (Å²) in [7, 11) is 2.01. The monoisotopic (exact) mass is 414 g/mol. The average Bonchev–Trinajstić information content (AvgIpc) is 2.73. The molecule has 0 aliphatic heterocycles. The number of unbranched alkanes of at least 4 members (excludes halogenated alkanes) is 9. The summed E-state index contributed by atoms with van der Waals surface area (Å²) in [6.07, 6.45) is 15.3. The fourth-order valence-electron chi connectivity index (χ4n) is 3.28. The first kappa shape index (κ1) is 30.3. The predicted octanol–water partition coefficient (Wildman–Crippen LogP) is 5.37. The fraction of sp³-hybridized carbons (Fsp3) is 0.917. The number of aldehydes is 1. The number of nitrogens with zero attached hydrogens (tertiary/aromatic N) is 1. The third-order valence-electron chi connectivity index (χ3n) is 4.86. The SMILES string of the molecule is CC.CCOC(=O)CCCCCCCN(CCCCCCCC=O)CCCNC. The zero-order valence-corrected chi connectivity index (χ0v) is 20.0. The molecule has 0 fully saturated rings. The third-order valence-corrected chi connectivity index (χ3v) is 4.86. The molecule has 0 aliphatic carbocycles. The van der Waals surface area contributed by atoms with Gasteiger partial charge >= 0.3 is 5.97 Å². The number of hydrogen-bond donors (Lipinski definition) is 1. The topological polar surface area (TPSA) is 58.6 Å². The van der Waals surface area contributed by atoms with E-state index in [-0.39, 0.29) is 5.97 Å². The Kier molecular flexibility index (Phi) is 28.2. The van der Waals surface area contributed by atoms with E-state index in [2.05, 4.69) is 10.2 Å². The Hall–Kier alpha value is -0.940. The Balaban J connectivity index is 0. The maximum Gasteiger partial charge on any atom is 0.305 e. The highest BCUT2D eigenvalue weighted by molar-refractivity contribution is 5.69. The van der Waals surface area contributed by atoms with Crippen molar-refractivity contribution in [2.45, 2.75) is 104 Å². The van der Waals surface area contributed by atoms with E-state index in [4.69, 9.17) is 4.74 Å². The van der Waals surface area contributed by atoms with Gasteiger partial charge in [-0.25, -0.2) is 0 Å². The highest BCUT2D eigenvalue weighted by Crippen LogP contribution is 2.09. The molecule has 0 unspecified atom stereocenters.